The summed E-state index contributed by atoms with van der Waals surface area (Å²) in [6, 6.07) is 9.31. The highest BCUT2D eigenvalue weighted by Crippen LogP contribution is 2.26. The van der Waals surface area contributed by atoms with Gasteiger partial charge in [-0.2, -0.15) is 0 Å². The van der Waals surface area contributed by atoms with Gasteiger partial charge in [0.25, 0.3) is 5.69 Å². The fourth-order valence-corrected chi connectivity index (χ4v) is 2.03. The quantitative estimate of drug-likeness (QED) is 0.676. The number of nitro groups is 1. The molecular formula is C13H12N2O4. The molecule has 0 aliphatic rings. The van der Waals surface area contributed by atoms with Gasteiger partial charge in [0, 0.05) is 29.9 Å². The lowest BCUT2D eigenvalue weighted by Crippen LogP contribution is -2.08. The Hall–Kier alpha value is -2.63. The van der Waals surface area contributed by atoms with Crippen molar-refractivity contribution in [1.29, 1.82) is 0 Å². The third-order valence-corrected chi connectivity index (χ3v) is 2.87. The van der Waals surface area contributed by atoms with Crippen LogP contribution in [-0.2, 0) is 6.54 Å². The summed E-state index contributed by atoms with van der Waals surface area (Å²) in [5, 5.41) is 19.8. The van der Waals surface area contributed by atoms with Gasteiger partial charge in [-0.1, -0.05) is 12.1 Å². The lowest BCUT2D eigenvalue weighted by molar-refractivity contribution is -0.384. The van der Waals surface area contributed by atoms with Gasteiger partial charge in [-0.25, -0.2) is 4.79 Å². The summed E-state index contributed by atoms with van der Waals surface area (Å²) in [6.45, 7) is 2.31. The maximum Gasteiger partial charge on any atom is 0.352 e. The minimum Gasteiger partial charge on any atom is -0.477 e. The first kappa shape index (κ1) is 12.8. The van der Waals surface area contributed by atoms with Crippen LogP contribution in [0.1, 0.15) is 17.4 Å². The molecule has 0 amide bonds. The standard InChI is InChI=1S/C13H12N2O4/c1-2-14-11(6-7-12(14)13(16)17)9-4-3-5-10(8-9)15(18)19/h3-8H,2H2,1H3,(H,16,17). The second-order valence-corrected chi connectivity index (χ2v) is 3.96. The van der Waals surface area contributed by atoms with Crippen molar-refractivity contribution >= 4 is 11.7 Å². The average molecular weight is 260 g/mol. The van der Waals surface area contributed by atoms with Crippen LogP contribution in [-0.4, -0.2) is 20.6 Å². The van der Waals surface area contributed by atoms with Gasteiger partial charge in [0.1, 0.15) is 5.69 Å². The van der Waals surface area contributed by atoms with E-state index in [1.807, 2.05) is 6.92 Å². The maximum atomic E-state index is 11.1. The predicted molar refractivity (Wildman–Crippen MR) is 69.2 cm³/mol. The Kier molecular flexibility index (Phi) is 3.33. The third kappa shape index (κ3) is 2.33. The molecule has 1 heterocycles. The van der Waals surface area contributed by atoms with Gasteiger partial charge >= 0.3 is 5.97 Å². The Morgan fingerprint density at radius 3 is 2.68 bits per heavy atom. The van der Waals surface area contributed by atoms with Crippen LogP contribution < -0.4 is 0 Å². The maximum absolute atomic E-state index is 11.1. The predicted octanol–water partition coefficient (Wildman–Crippen LogP) is 2.78. The average Bonchev–Trinajstić information content (AvgIpc) is 2.82. The summed E-state index contributed by atoms with van der Waals surface area (Å²) in [4.78, 5) is 21.4. The number of aromatic nitrogens is 1. The zero-order valence-electron chi connectivity index (χ0n) is 10.2. The number of aromatic carboxylic acids is 1. The molecule has 0 unspecified atom stereocenters. The number of carbonyl (C=O) groups is 1. The fraction of sp³-hybridized carbons (Fsp3) is 0.154. The molecule has 1 N–H and O–H groups in total. The first-order chi connectivity index (χ1) is 9.04. The lowest BCUT2D eigenvalue weighted by Gasteiger charge is -2.08. The van der Waals surface area contributed by atoms with Crippen molar-refractivity contribution in [2.24, 2.45) is 0 Å². The van der Waals surface area contributed by atoms with Gasteiger partial charge in [0.05, 0.1) is 4.92 Å². The highest BCUT2D eigenvalue weighted by molar-refractivity contribution is 5.87. The smallest absolute Gasteiger partial charge is 0.352 e. The number of hydrogen-bond donors (Lipinski definition) is 1. The molecule has 98 valence electrons. The molecule has 2 rings (SSSR count). The number of nitro benzene ring substituents is 1. The molecule has 0 radical (unpaired) electrons. The van der Waals surface area contributed by atoms with E-state index in [1.165, 1.54) is 18.2 Å². The minimum atomic E-state index is -1.02. The molecule has 0 atom stereocenters. The monoisotopic (exact) mass is 260 g/mol. The Balaban J connectivity index is 2.56. The van der Waals surface area contributed by atoms with Gasteiger partial charge in [-0.15, -0.1) is 0 Å². The van der Waals surface area contributed by atoms with Crippen molar-refractivity contribution in [2.45, 2.75) is 13.5 Å². The van der Waals surface area contributed by atoms with Crippen LogP contribution in [0.5, 0.6) is 0 Å². The molecule has 0 spiro atoms. The fourth-order valence-electron chi connectivity index (χ4n) is 2.03. The van der Waals surface area contributed by atoms with Crippen LogP contribution in [0, 0.1) is 10.1 Å². The highest BCUT2D eigenvalue weighted by Gasteiger charge is 2.15. The molecule has 0 fully saturated rings. The number of nitrogens with zero attached hydrogens (tertiary/aromatic N) is 2. The van der Waals surface area contributed by atoms with E-state index in [0.717, 1.165) is 0 Å². The molecule has 1 aromatic heterocycles. The van der Waals surface area contributed by atoms with Gasteiger partial charge in [0.2, 0.25) is 0 Å². The topological polar surface area (TPSA) is 85.4 Å². The summed E-state index contributed by atoms with van der Waals surface area (Å²) in [5.41, 5.74) is 1.44. The van der Waals surface area contributed by atoms with Crippen LogP contribution in [0.15, 0.2) is 36.4 Å². The molecular weight excluding hydrogens is 248 g/mol. The van der Waals surface area contributed by atoms with E-state index in [9.17, 15) is 14.9 Å². The van der Waals surface area contributed by atoms with Gasteiger partial charge < -0.3 is 9.67 Å². The molecule has 0 saturated heterocycles. The van der Waals surface area contributed by atoms with Crippen LogP contribution in [0.25, 0.3) is 11.3 Å². The second kappa shape index (κ2) is 4.93. The van der Waals surface area contributed by atoms with Gasteiger partial charge in [-0.05, 0) is 19.1 Å². The largest absolute Gasteiger partial charge is 0.477 e. The Labute approximate surface area is 109 Å². The molecule has 2 aromatic rings. The number of carboxylic acids is 1. The molecule has 0 bridgehead atoms. The minimum absolute atomic E-state index is 0.0155. The SMILES string of the molecule is CCn1c(C(=O)O)ccc1-c1cccc([N+](=O)[O-])c1. The van der Waals surface area contributed by atoms with Crippen LogP contribution >= 0.6 is 0 Å². The zero-order chi connectivity index (χ0) is 14.0. The van der Waals surface area contributed by atoms with E-state index in [1.54, 1.807) is 22.8 Å². The van der Waals surface area contributed by atoms with Crippen molar-refractivity contribution in [3.8, 4) is 11.3 Å². The first-order valence-electron chi connectivity index (χ1n) is 5.72. The zero-order valence-corrected chi connectivity index (χ0v) is 10.2. The number of rotatable bonds is 4. The first-order valence-corrected chi connectivity index (χ1v) is 5.72. The van der Waals surface area contributed by atoms with Crippen molar-refractivity contribution in [3.05, 3.63) is 52.2 Å². The van der Waals surface area contributed by atoms with Crippen molar-refractivity contribution < 1.29 is 14.8 Å². The van der Waals surface area contributed by atoms with E-state index in [4.69, 9.17) is 5.11 Å². The normalized spacial score (nSPS) is 10.4. The van der Waals surface area contributed by atoms with E-state index >= 15 is 0 Å². The van der Waals surface area contributed by atoms with Gasteiger partial charge in [0.15, 0.2) is 0 Å². The van der Waals surface area contributed by atoms with Gasteiger partial charge in [-0.3, -0.25) is 10.1 Å². The Bertz CT molecular complexity index is 646. The van der Waals surface area contributed by atoms with E-state index < -0.39 is 10.9 Å². The van der Waals surface area contributed by atoms with Crippen molar-refractivity contribution in [3.63, 3.8) is 0 Å². The van der Waals surface area contributed by atoms with E-state index in [0.29, 0.717) is 17.8 Å². The number of non-ortho nitro benzene ring substituents is 1. The molecule has 6 nitrogen and oxygen atoms in total. The number of hydrogen-bond acceptors (Lipinski definition) is 3. The lowest BCUT2D eigenvalue weighted by atomic mass is 10.1. The van der Waals surface area contributed by atoms with Crippen LogP contribution in [0.3, 0.4) is 0 Å². The summed E-state index contributed by atoms with van der Waals surface area (Å²) in [6.07, 6.45) is 0. The molecule has 1 aromatic carbocycles. The molecule has 0 saturated carbocycles. The Morgan fingerprint density at radius 2 is 2.11 bits per heavy atom. The summed E-state index contributed by atoms with van der Waals surface area (Å²) in [5.74, 6) is -1.02. The Morgan fingerprint density at radius 1 is 1.37 bits per heavy atom. The van der Waals surface area contributed by atoms with E-state index in [-0.39, 0.29) is 11.4 Å². The van der Waals surface area contributed by atoms with E-state index in [2.05, 4.69) is 0 Å². The van der Waals surface area contributed by atoms with Crippen LogP contribution in [0.4, 0.5) is 5.69 Å². The molecule has 0 aliphatic heterocycles. The van der Waals surface area contributed by atoms with Crippen molar-refractivity contribution in [1.82, 2.24) is 4.57 Å². The molecule has 6 heteroatoms. The van der Waals surface area contributed by atoms with Crippen molar-refractivity contribution in [2.75, 3.05) is 0 Å². The summed E-state index contributed by atoms with van der Waals surface area (Å²) < 4.78 is 1.61. The third-order valence-electron chi connectivity index (χ3n) is 2.87. The molecule has 19 heavy (non-hydrogen) atoms. The summed E-state index contributed by atoms with van der Waals surface area (Å²) >= 11 is 0. The molecule has 0 aliphatic carbocycles. The number of carboxylic acid groups (broad SMARTS) is 1. The highest BCUT2D eigenvalue weighted by atomic mass is 16.6. The summed E-state index contributed by atoms with van der Waals surface area (Å²) in [7, 11) is 0. The van der Waals surface area contributed by atoms with Crippen LogP contribution in [0.2, 0.25) is 0 Å². The second-order valence-electron chi connectivity index (χ2n) is 3.96. The number of benzene rings is 1.